The van der Waals surface area contributed by atoms with Gasteiger partial charge in [0.1, 0.15) is 0 Å². The third kappa shape index (κ3) is 3.68. The Bertz CT molecular complexity index is 595. The first kappa shape index (κ1) is 15.9. The molecule has 0 radical (unpaired) electrons. The topological polar surface area (TPSA) is 73.7 Å². The van der Waals surface area contributed by atoms with E-state index in [9.17, 15) is 8.42 Å². The fourth-order valence-electron chi connectivity index (χ4n) is 2.97. The normalized spacial score (nSPS) is 27.9. The number of aromatic nitrogens is 2. The number of aryl methyl sites for hydroxylation is 1. The number of rotatable bonds is 4. The van der Waals surface area contributed by atoms with Gasteiger partial charge in [-0.3, -0.25) is 4.68 Å². The minimum absolute atomic E-state index is 0.0762. The molecule has 2 fully saturated rings. The van der Waals surface area contributed by atoms with Crippen molar-refractivity contribution in [1.82, 2.24) is 14.1 Å². The van der Waals surface area contributed by atoms with Crippen molar-refractivity contribution >= 4 is 10.0 Å². The Hall–Kier alpha value is -0.960. The summed E-state index contributed by atoms with van der Waals surface area (Å²) >= 11 is 0. The lowest BCUT2D eigenvalue weighted by Gasteiger charge is -2.33. The molecule has 0 amide bonds. The van der Waals surface area contributed by atoms with Gasteiger partial charge in [0.2, 0.25) is 10.0 Å². The van der Waals surface area contributed by atoms with Crippen LogP contribution in [0.3, 0.4) is 0 Å². The van der Waals surface area contributed by atoms with Crippen molar-refractivity contribution in [1.29, 1.82) is 0 Å². The maximum absolute atomic E-state index is 12.6. The van der Waals surface area contributed by atoms with Gasteiger partial charge in [-0.1, -0.05) is 0 Å². The SMILES string of the molecule is Cn1cc([C@@H]2CN(S(=O)(=O)C[C@@H]3CCCCO3)CCO2)cn1. The second-order valence-electron chi connectivity index (χ2n) is 5.93. The molecule has 0 aliphatic carbocycles. The Kier molecular flexibility index (Phi) is 4.82. The summed E-state index contributed by atoms with van der Waals surface area (Å²) in [5.74, 6) is 0.0762. The van der Waals surface area contributed by atoms with Gasteiger partial charge in [0.15, 0.2) is 0 Å². The number of hydrogen-bond donors (Lipinski definition) is 0. The second-order valence-corrected chi connectivity index (χ2v) is 7.95. The predicted octanol–water partition coefficient (Wildman–Crippen LogP) is 0.692. The van der Waals surface area contributed by atoms with E-state index in [0.717, 1.165) is 24.8 Å². The summed E-state index contributed by atoms with van der Waals surface area (Å²) < 4.78 is 39.7. The molecule has 2 atom stereocenters. The Balaban J connectivity index is 1.65. The van der Waals surface area contributed by atoms with Gasteiger partial charge in [0, 0.05) is 38.5 Å². The lowest BCUT2D eigenvalue weighted by molar-refractivity contribution is -0.00425. The zero-order valence-corrected chi connectivity index (χ0v) is 13.7. The summed E-state index contributed by atoms with van der Waals surface area (Å²) in [5, 5.41) is 4.12. The molecule has 8 heteroatoms. The van der Waals surface area contributed by atoms with Crippen LogP contribution in [0.25, 0.3) is 0 Å². The van der Waals surface area contributed by atoms with Crippen LogP contribution in [-0.4, -0.2) is 60.7 Å². The molecule has 0 saturated carbocycles. The first-order chi connectivity index (χ1) is 10.5. The maximum Gasteiger partial charge on any atom is 0.216 e. The zero-order chi connectivity index (χ0) is 15.6. The first-order valence-corrected chi connectivity index (χ1v) is 9.35. The number of ether oxygens (including phenoxy) is 2. The van der Waals surface area contributed by atoms with E-state index in [1.807, 2.05) is 13.2 Å². The van der Waals surface area contributed by atoms with Crippen molar-refractivity contribution in [3.05, 3.63) is 18.0 Å². The molecule has 1 aromatic rings. The fourth-order valence-corrected chi connectivity index (χ4v) is 4.62. The molecule has 1 aromatic heterocycles. The van der Waals surface area contributed by atoms with E-state index < -0.39 is 10.0 Å². The molecule has 22 heavy (non-hydrogen) atoms. The van der Waals surface area contributed by atoms with Crippen LogP contribution in [-0.2, 0) is 26.5 Å². The van der Waals surface area contributed by atoms with Crippen molar-refractivity contribution in [2.75, 3.05) is 32.1 Å². The summed E-state index contributed by atoms with van der Waals surface area (Å²) in [5.41, 5.74) is 0.913. The molecular weight excluding hydrogens is 306 g/mol. The maximum atomic E-state index is 12.6. The lowest BCUT2D eigenvalue weighted by atomic mass is 10.1. The van der Waals surface area contributed by atoms with Gasteiger partial charge in [-0.05, 0) is 19.3 Å². The van der Waals surface area contributed by atoms with E-state index in [1.54, 1.807) is 10.9 Å². The van der Waals surface area contributed by atoms with Crippen molar-refractivity contribution in [2.24, 2.45) is 7.05 Å². The smallest absolute Gasteiger partial charge is 0.216 e. The van der Waals surface area contributed by atoms with Crippen molar-refractivity contribution < 1.29 is 17.9 Å². The number of morpholine rings is 1. The number of hydrogen-bond acceptors (Lipinski definition) is 5. The second kappa shape index (κ2) is 6.66. The number of nitrogens with zero attached hydrogens (tertiary/aromatic N) is 3. The minimum atomic E-state index is -3.32. The Morgan fingerprint density at radius 2 is 2.18 bits per heavy atom. The molecule has 3 rings (SSSR count). The molecule has 2 saturated heterocycles. The summed E-state index contributed by atoms with van der Waals surface area (Å²) in [6.07, 6.45) is 6.08. The highest BCUT2D eigenvalue weighted by Gasteiger charge is 2.33. The van der Waals surface area contributed by atoms with Gasteiger partial charge in [-0.15, -0.1) is 0 Å². The van der Waals surface area contributed by atoms with Crippen molar-refractivity contribution in [3.8, 4) is 0 Å². The summed E-state index contributed by atoms with van der Waals surface area (Å²) in [4.78, 5) is 0. The monoisotopic (exact) mass is 329 g/mol. The molecule has 3 heterocycles. The van der Waals surface area contributed by atoms with Gasteiger partial charge in [0.25, 0.3) is 0 Å². The van der Waals surface area contributed by atoms with Gasteiger partial charge in [-0.25, -0.2) is 8.42 Å². The summed E-state index contributed by atoms with van der Waals surface area (Å²) in [7, 11) is -1.48. The largest absolute Gasteiger partial charge is 0.377 e. The highest BCUT2D eigenvalue weighted by atomic mass is 32.2. The van der Waals surface area contributed by atoms with Gasteiger partial charge in [0.05, 0.1) is 30.8 Å². The average Bonchev–Trinajstić information content (AvgIpc) is 2.95. The molecule has 0 N–H and O–H groups in total. The molecule has 0 aromatic carbocycles. The van der Waals surface area contributed by atoms with E-state index in [-0.39, 0.29) is 18.0 Å². The molecule has 0 bridgehead atoms. The lowest BCUT2D eigenvalue weighted by Crippen LogP contribution is -2.45. The van der Waals surface area contributed by atoms with Gasteiger partial charge >= 0.3 is 0 Å². The zero-order valence-electron chi connectivity index (χ0n) is 12.8. The van der Waals surface area contributed by atoms with Gasteiger partial charge < -0.3 is 9.47 Å². The Labute approximate surface area is 131 Å². The molecule has 0 unspecified atom stereocenters. The first-order valence-electron chi connectivity index (χ1n) is 7.74. The average molecular weight is 329 g/mol. The van der Waals surface area contributed by atoms with E-state index in [4.69, 9.17) is 9.47 Å². The molecular formula is C14H23N3O4S. The van der Waals surface area contributed by atoms with Gasteiger partial charge in [-0.2, -0.15) is 9.40 Å². The standard InChI is InChI=1S/C14H23N3O4S/c1-16-9-12(8-15-16)14-10-17(5-7-21-14)22(18,19)11-13-4-2-3-6-20-13/h8-9,13-14H,2-7,10-11H2,1H3/t13-,14-/m0/s1. The highest BCUT2D eigenvalue weighted by molar-refractivity contribution is 7.89. The predicted molar refractivity (Wildman–Crippen MR) is 80.9 cm³/mol. The van der Waals surface area contributed by atoms with Crippen LogP contribution < -0.4 is 0 Å². The Morgan fingerprint density at radius 1 is 1.32 bits per heavy atom. The van der Waals surface area contributed by atoms with Crippen LogP contribution in [0.2, 0.25) is 0 Å². The van der Waals surface area contributed by atoms with Crippen LogP contribution in [0.1, 0.15) is 30.9 Å². The van der Waals surface area contributed by atoms with E-state index in [1.165, 1.54) is 4.31 Å². The molecule has 2 aliphatic heterocycles. The Morgan fingerprint density at radius 3 is 2.86 bits per heavy atom. The molecule has 124 valence electrons. The molecule has 2 aliphatic rings. The van der Waals surface area contributed by atoms with Crippen LogP contribution >= 0.6 is 0 Å². The highest BCUT2D eigenvalue weighted by Crippen LogP contribution is 2.24. The molecule has 7 nitrogen and oxygen atoms in total. The third-order valence-corrected chi connectivity index (χ3v) is 6.10. The fraction of sp³-hybridized carbons (Fsp3) is 0.786. The number of sulfonamides is 1. The summed E-state index contributed by atoms with van der Waals surface area (Å²) in [6, 6.07) is 0. The molecule has 0 spiro atoms. The van der Waals surface area contributed by atoms with E-state index in [2.05, 4.69) is 5.10 Å². The summed E-state index contributed by atoms with van der Waals surface area (Å²) in [6.45, 7) is 1.83. The van der Waals surface area contributed by atoms with Crippen molar-refractivity contribution in [3.63, 3.8) is 0 Å². The van der Waals surface area contributed by atoms with Crippen LogP contribution in [0.4, 0.5) is 0 Å². The van der Waals surface area contributed by atoms with E-state index in [0.29, 0.717) is 26.3 Å². The van der Waals surface area contributed by atoms with Crippen LogP contribution in [0.15, 0.2) is 12.4 Å². The van der Waals surface area contributed by atoms with E-state index >= 15 is 0 Å². The van der Waals surface area contributed by atoms with Crippen LogP contribution in [0.5, 0.6) is 0 Å². The minimum Gasteiger partial charge on any atom is -0.377 e. The van der Waals surface area contributed by atoms with Crippen molar-refractivity contribution in [2.45, 2.75) is 31.5 Å². The quantitative estimate of drug-likeness (QED) is 0.813. The third-order valence-electron chi connectivity index (χ3n) is 4.19. The van der Waals surface area contributed by atoms with Crippen LogP contribution in [0, 0.1) is 0 Å².